The zero-order valence-electron chi connectivity index (χ0n) is 11.3. The quantitative estimate of drug-likeness (QED) is 0.804. The summed E-state index contributed by atoms with van der Waals surface area (Å²) in [7, 11) is 0. The minimum atomic E-state index is -0.788. The highest BCUT2D eigenvalue weighted by Gasteiger charge is 2.14. The van der Waals surface area contributed by atoms with E-state index in [0.29, 0.717) is 6.54 Å². The molecule has 5 heteroatoms. The van der Waals surface area contributed by atoms with Crippen LogP contribution in [-0.2, 0) is 11.2 Å². The number of aromatic nitrogens is 2. The highest BCUT2D eigenvalue weighted by Crippen LogP contribution is 2.15. The van der Waals surface area contributed by atoms with Gasteiger partial charge in [-0.15, -0.1) is 0 Å². The molecule has 1 aromatic rings. The van der Waals surface area contributed by atoms with E-state index in [1.54, 1.807) is 6.33 Å². The van der Waals surface area contributed by atoms with E-state index in [2.05, 4.69) is 16.9 Å². The fraction of sp³-hybridized carbons (Fsp3) is 0.615. The van der Waals surface area contributed by atoms with Gasteiger partial charge >= 0.3 is 5.97 Å². The molecule has 0 aliphatic carbocycles. The van der Waals surface area contributed by atoms with E-state index in [0.717, 1.165) is 24.4 Å². The summed E-state index contributed by atoms with van der Waals surface area (Å²) in [5.41, 5.74) is 1.00. The van der Waals surface area contributed by atoms with Crippen molar-refractivity contribution in [3.8, 4) is 0 Å². The number of carboxylic acid groups (broad SMARTS) is 1. The van der Waals surface area contributed by atoms with Gasteiger partial charge in [-0.2, -0.15) is 0 Å². The Kier molecular flexibility index (Phi) is 5.55. The average molecular weight is 251 g/mol. The van der Waals surface area contributed by atoms with Crippen molar-refractivity contribution < 1.29 is 9.90 Å². The van der Waals surface area contributed by atoms with Crippen LogP contribution in [0.5, 0.6) is 0 Å². The Morgan fingerprint density at radius 3 is 2.72 bits per heavy atom. The van der Waals surface area contributed by atoms with Gasteiger partial charge in [0.05, 0.1) is 6.42 Å². The maximum atomic E-state index is 10.7. The van der Waals surface area contributed by atoms with E-state index in [-0.39, 0.29) is 12.5 Å². The number of hydrogen-bond acceptors (Lipinski definition) is 4. The minimum Gasteiger partial charge on any atom is -0.481 e. The number of nitrogens with zero attached hydrogens (tertiary/aromatic N) is 3. The van der Waals surface area contributed by atoms with Crippen molar-refractivity contribution in [2.75, 3.05) is 11.4 Å². The molecule has 0 saturated carbocycles. The van der Waals surface area contributed by atoms with E-state index in [1.807, 2.05) is 24.8 Å². The standard InChI is InChI=1S/C13H21N3O2/c1-4-5-11-8-12(15-9-14-11)16(10(2)3)7-6-13(17)18/h8-10H,4-7H2,1-3H3,(H,17,18). The van der Waals surface area contributed by atoms with Gasteiger partial charge in [0, 0.05) is 24.3 Å². The Balaban J connectivity index is 2.84. The van der Waals surface area contributed by atoms with Gasteiger partial charge in [-0.3, -0.25) is 4.79 Å². The van der Waals surface area contributed by atoms with Crippen LogP contribution in [0.3, 0.4) is 0 Å². The Bertz CT molecular complexity index is 394. The second-order valence-corrected chi connectivity index (χ2v) is 4.55. The molecule has 1 N–H and O–H groups in total. The molecule has 0 spiro atoms. The highest BCUT2D eigenvalue weighted by molar-refractivity contribution is 5.67. The topological polar surface area (TPSA) is 66.3 Å². The molecule has 0 bridgehead atoms. The van der Waals surface area contributed by atoms with Gasteiger partial charge in [-0.05, 0) is 20.3 Å². The minimum absolute atomic E-state index is 0.116. The lowest BCUT2D eigenvalue weighted by atomic mass is 10.2. The van der Waals surface area contributed by atoms with Gasteiger partial charge in [0.2, 0.25) is 0 Å². The predicted octanol–water partition coefficient (Wildman–Crippen LogP) is 2.12. The Labute approximate surface area is 108 Å². The molecular formula is C13H21N3O2. The predicted molar refractivity (Wildman–Crippen MR) is 70.8 cm³/mol. The molecule has 0 saturated heterocycles. The summed E-state index contributed by atoms with van der Waals surface area (Å²) in [6.07, 6.45) is 3.62. The Morgan fingerprint density at radius 1 is 1.44 bits per heavy atom. The third kappa shape index (κ3) is 4.31. The fourth-order valence-corrected chi connectivity index (χ4v) is 1.79. The number of carbonyl (C=O) groups is 1. The lowest BCUT2D eigenvalue weighted by Gasteiger charge is -2.27. The third-order valence-corrected chi connectivity index (χ3v) is 2.70. The van der Waals surface area contributed by atoms with Crippen molar-refractivity contribution in [3.63, 3.8) is 0 Å². The van der Waals surface area contributed by atoms with Crippen LogP contribution < -0.4 is 4.90 Å². The van der Waals surface area contributed by atoms with Gasteiger partial charge in [0.25, 0.3) is 0 Å². The number of rotatable bonds is 7. The van der Waals surface area contributed by atoms with Crippen LogP contribution in [-0.4, -0.2) is 33.6 Å². The summed E-state index contributed by atoms with van der Waals surface area (Å²) < 4.78 is 0. The molecule has 0 aromatic carbocycles. The first-order valence-electron chi connectivity index (χ1n) is 6.34. The van der Waals surface area contributed by atoms with E-state index in [9.17, 15) is 4.79 Å². The molecule has 5 nitrogen and oxygen atoms in total. The Hall–Kier alpha value is -1.65. The molecule has 1 rings (SSSR count). The zero-order valence-corrected chi connectivity index (χ0v) is 11.3. The summed E-state index contributed by atoms with van der Waals surface area (Å²) in [6, 6.07) is 2.17. The summed E-state index contributed by atoms with van der Waals surface area (Å²) in [5, 5.41) is 8.77. The Morgan fingerprint density at radius 2 is 2.17 bits per heavy atom. The molecule has 0 fully saturated rings. The van der Waals surface area contributed by atoms with E-state index >= 15 is 0 Å². The molecule has 0 amide bonds. The van der Waals surface area contributed by atoms with Crippen molar-refractivity contribution >= 4 is 11.8 Å². The van der Waals surface area contributed by atoms with Crippen molar-refractivity contribution in [1.82, 2.24) is 9.97 Å². The van der Waals surface area contributed by atoms with Crippen LogP contribution in [0.2, 0.25) is 0 Å². The molecule has 100 valence electrons. The molecule has 18 heavy (non-hydrogen) atoms. The van der Waals surface area contributed by atoms with Crippen LogP contribution in [0.4, 0.5) is 5.82 Å². The number of hydrogen-bond donors (Lipinski definition) is 1. The maximum absolute atomic E-state index is 10.7. The normalized spacial score (nSPS) is 10.7. The van der Waals surface area contributed by atoms with Gasteiger partial charge < -0.3 is 10.0 Å². The number of aryl methyl sites for hydroxylation is 1. The lowest BCUT2D eigenvalue weighted by molar-refractivity contribution is -0.136. The molecule has 0 radical (unpaired) electrons. The summed E-state index contributed by atoms with van der Waals surface area (Å²) in [5.74, 6) is 0.0215. The van der Waals surface area contributed by atoms with Crippen molar-refractivity contribution in [3.05, 3.63) is 18.1 Å². The first-order chi connectivity index (χ1) is 8.54. The zero-order chi connectivity index (χ0) is 13.5. The SMILES string of the molecule is CCCc1cc(N(CCC(=O)O)C(C)C)ncn1. The van der Waals surface area contributed by atoms with Crippen molar-refractivity contribution in [1.29, 1.82) is 0 Å². The van der Waals surface area contributed by atoms with Gasteiger partial charge in [0.1, 0.15) is 12.1 Å². The molecular weight excluding hydrogens is 230 g/mol. The summed E-state index contributed by atoms with van der Waals surface area (Å²) >= 11 is 0. The summed E-state index contributed by atoms with van der Waals surface area (Å²) in [6.45, 7) is 6.63. The molecule has 1 heterocycles. The summed E-state index contributed by atoms with van der Waals surface area (Å²) in [4.78, 5) is 21.1. The number of carboxylic acids is 1. The van der Waals surface area contributed by atoms with Crippen LogP contribution in [0.1, 0.15) is 39.3 Å². The van der Waals surface area contributed by atoms with Gasteiger partial charge in [0.15, 0.2) is 0 Å². The second kappa shape index (κ2) is 6.93. The fourth-order valence-electron chi connectivity index (χ4n) is 1.79. The van der Waals surface area contributed by atoms with Gasteiger partial charge in [-0.25, -0.2) is 9.97 Å². The smallest absolute Gasteiger partial charge is 0.305 e. The monoisotopic (exact) mass is 251 g/mol. The number of anilines is 1. The van der Waals surface area contributed by atoms with E-state index in [4.69, 9.17) is 5.11 Å². The van der Waals surface area contributed by atoms with Crippen molar-refractivity contribution in [2.24, 2.45) is 0 Å². The van der Waals surface area contributed by atoms with Crippen LogP contribution >= 0.6 is 0 Å². The second-order valence-electron chi connectivity index (χ2n) is 4.55. The average Bonchev–Trinajstić information content (AvgIpc) is 2.29. The molecule has 0 atom stereocenters. The highest BCUT2D eigenvalue weighted by atomic mass is 16.4. The largest absolute Gasteiger partial charge is 0.481 e. The first-order valence-corrected chi connectivity index (χ1v) is 6.34. The molecule has 0 aliphatic heterocycles. The van der Waals surface area contributed by atoms with E-state index < -0.39 is 5.97 Å². The molecule has 0 unspecified atom stereocenters. The first kappa shape index (κ1) is 14.4. The molecule has 0 aliphatic rings. The van der Waals surface area contributed by atoms with E-state index in [1.165, 1.54) is 0 Å². The maximum Gasteiger partial charge on any atom is 0.305 e. The van der Waals surface area contributed by atoms with Crippen LogP contribution in [0.25, 0.3) is 0 Å². The number of aliphatic carboxylic acids is 1. The van der Waals surface area contributed by atoms with Gasteiger partial charge in [-0.1, -0.05) is 13.3 Å². The van der Waals surface area contributed by atoms with Crippen LogP contribution in [0.15, 0.2) is 12.4 Å². The molecule has 1 aromatic heterocycles. The third-order valence-electron chi connectivity index (χ3n) is 2.70. The van der Waals surface area contributed by atoms with Crippen molar-refractivity contribution in [2.45, 2.75) is 46.1 Å². The lowest BCUT2D eigenvalue weighted by Crippen LogP contribution is -2.33. The van der Waals surface area contributed by atoms with Crippen LogP contribution in [0, 0.1) is 0 Å².